The van der Waals surface area contributed by atoms with E-state index in [-0.39, 0.29) is 16.2 Å². The average Bonchev–Trinajstić information content (AvgIpc) is 2.06. The summed E-state index contributed by atoms with van der Waals surface area (Å²) in [7, 11) is 0. The Bertz CT molecular complexity index is 353. The van der Waals surface area contributed by atoms with Gasteiger partial charge in [-0.05, 0) is 22.0 Å². The van der Waals surface area contributed by atoms with Crippen LogP contribution >= 0.6 is 15.9 Å². The first kappa shape index (κ1) is 9.86. The summed E-state index contributed by atoms with van der Waals surface area (Å²) in [5.74, 6) is -0.897. The maximum atomic E-state index is 13.3. The van der Waals surface area contributed by atoms with Crippen LogP contribution in [0.3, 0.4) is 0 Å². The second-order valence-corrected chi connectivity index (χ2v) is 4.10. The third-order valence-electron chi connectivity index (χ3n) is 2.15. The maximum absolute atomic E-state index is 13.3. The smallest absolute Gasteiger partial charge is 0.147 e. The van der Waals surface area contributed by atoms with Gasteiger partial charge in [0.2, 0.25) is 0 Å². The van der Waals surface area contributed by atoms with E-state index in [1.807, 2.05) is 0 Å². The normalized spacial score (nSPS) is 16.5. The molecule has 2 rings (SSSR count). The van der Waals surface area contributed by atoms with Gasteiger partial charge in [0.25, 0.3) is 0 Å². The Morgan fingerprint density at radius 2 is 2.00 bits per heavy atom. The van der Waals surface area contributed by atoms with Gasteiger partial charge in [-0.25, -0.2) is 8.78 Å². The minimum absolute atomic E-state index is 0.146. The number of anilines is 1. The molecule has 2 nitrogen and oxygen atoms in total. The van der Waals surface area contributed by atoms with E-state index in [1.165, 1.54) is 0 Å². The molecule has 5 heteroatoms. The van der Waals surface area contributed by atoms with Gasteiger partial charge in [0.1, 0.15) is 11.6 Å². The summed E-state index contributed by atoms with van der Waals surface area (Å²) in [6, 6.07) is 2.49. The summed E-state index contributed by atoms with van der Waals surface area (Å²) in [5, 5.41) is 5.96. The van der Waals surface area contributed by atoms with Crippen LogP contribution in [0.1, 0.15) is 0 Å². The molecule has 0 atom stereocenters. The van der Waals surface area contributed by atoms with E-state index in [4.69, 9.17) is 0 Å². The molecule has 0 unspecified atom stereocenters. The van der Waals surface area contributed by atoms with Crippen LogP contribution in [0, 0.1) is 11.6 Å². The van der Waals surface area contributed by atoms with Gasteiger partial charge in [0.15, 0.2) is 0 Å². The Balaban J connectivity index is 2.19. The molecule has 0 bridgehead atoms. The maximum Gasteiger partial charge on any atom is 0.147 e. The number of rotatable bonds is 2. The Morgan fingerprint density at radius 3 is 2.57 bits per heavy atom. The molecular formula is C9H9BrF2N2. The highest BCUT2D eigenvalue weighted by Gasteiger charge is 2.18. The van der Waals surface area contributed by atoms with Crippen molar-refractivity contribution in [2.75, 3.05) is 18.4 Å². The van der Waals surface area contributed by atoms with E-state index in [1.54, 1.807) is 0 Å². The fourth-order valence-electron chi connectivity index (χ4n) is 1.24. The van der Waals surface area contributed by atoms with E-state index < -0.39 is 11.6 Å². The third-order valence-corrected chi connectivity index (χ3v) is 2.76. The number of benzene rings is 1. The zero-order valence-electron chi connectivity index (χ0n) is 7.28. The number of hydrogen-bond acceptors (Lipinski definition) is 2. The second-order valence-electron chi connectivity index (χ2n) is 3.25. The van der Waals surface area contributed by atoms with Crippen molar-refractivity contribution in [2.45, 2.75) is 6.04 Å². The minimum Gasteiger partial charge on any atom is -0.377 e. The molecule has 1 saturated heterocycles. The summed E-state index contributed by atoms with van der Waals surface area (Å²) < 4.78 is 26.5. The fraction of sp³-hybridized carbons (Fsp3) is 0.333. The lowest BCUT2D eigenvalue weighted by molar-refractivity contribution is 0.468. The molecule has 0 radical (unpaired) electrons. The van der Waals surface area contributed by atoms with Gasteiger partial charge in [-0.15, -0.1) is 0 Å². The lowest BCUT2D eigenvalue weighted by atomic mass is 10.1. The lowest BCUT2D eigenvalue weighted by Gasteiger charge is -2.29. The molecule has 1 aromatic rings. The van der Waals surface area contributed by atoms with E-state index in [2.05, 4.69) is 26.6 Å². The molecule has 1 aliphatic heterocycles. The zero-order chi connectivity index (χ0) is 10.1. The van der Waals surface area contributed by atoms with Gasteiger partial charge in [0.05, 0.1) is 16.2 Å². The van der Waals surface area contributed by atoms with E-state index in [0.717, 1.165) is 25.2 Å². The van der Waals surface area contributed by atoms with Crippen LogP contribution < -0.4 is 10.6 Å². The van der Waals surface area contributed by atoms with Crippen LogP contribution in [-0.4, -0.2) is 19.1 Å². The van der Waals surface area contributed by atoms with Gasteiger partial charge in [0, 0.05) is 19.2 Å². The highest BCUT2D eigenvalue weighted by atomic mass is 79.9. The first-order chi connectivity index (χ1) is 6.66. The summed E-state index contributed by atoms with van der Waals surface area (Å²) in [6.45, 7) is 1.58. The van der Waals surface area contributed by atoms with Crippen molar-refractivity contribution < 1.29 is 8.78 Å². The number of hydrogen-bond donors (Lipinski definition) is 2. The van der Waals surface area contributed by atoms with Crippen molar-refractivity contribution in [3.8, 4) is 0 Å². The fourth-order valence-corrected chi connectivity index (χ4v) is 1.56. The predicted octanol–water partition coefficient (Wildman–Crippen LogP) is 2.11. The molecule has 0 aromatic heterocycles. The topological polar surface area (TPSA) is 24.1 Å². The van der Waals surface area contributed by atoms with Gasteiger partial charge in [-0.2, -0.15) is 0 Å². The molecule has 0 saturated carbocycles. The van der Waals surface area contributed by atoms with Crippen molar-refractivity contribution in [1.29, 1.82) is 0 Å². The Morgan fingerprint density at radius 1 is 1.29 bits per heavy atom. The van der Waals surface area contributed by atoms with Crippen LogP contribution in [-0.2, 0) is 0 Å². The van der Waals surface area contributed by atoms with Crippen molar-refractivity contribution in [2.24, 2.45) is 0 Å². The van der Waals surface area contributed by atoms with Gasteiger partial charge in [-0.3, -0.25) is 0 Å². The van der Waals surface area contributed by atoms with Gasteiger partial charge in [-0.1, -0.05) is 0 Å². The van der Waals surface area contributed by atoms with Crippen LogP contribution in [0.25, 0.3) is 0 Å². The molecule has 2 N–H and O–H groups in total. The zero-order valence-corrected chi connectivity index (χ0v) is 8.87. The van der Waals surface area contributed by atoms with E-state index in [0.29, 0.717) is 0 Å². The van der Waals surface area contributed by atoms with Crippen LogP contribution in [0.5, 0.6) is 0 Å². The van der Waals surface area contributed by atoms with Crippen LogP contribution in [0.2, 0.25) is 0 Å². The van der Waals surface area contributed by atoms with Crippen LogP contribution in [0.15, 0.2) is 16.6 Å². The molecule has 14 heavy (non-hydrogen) atoms. The molecule has 0 amide bonds. The first-order valence-corrected chi connectivity index (χ1v) is 5.08. The molecule has 1 heterocycles. The van der Waals surface area contributed by atoms with E-state index in [9.17, 15) is 8.78 Å². The molecule has 1 aromatic carbocycles. The quantitative estimate of drug-likeness (QED) is 0.798. The highest BCUT2D eigenvalue weighted by molar-refractivity contribution is 9.10. The minimum atomic E-state index is -0.457. The standard InChI is InChI=1S/C9H9BrF2N2/c10-6-1-8(12)9(2-7(6)11)14-5-3-13-4-5/h1-2,5,13-14H,3-4H2. The number of halogens is 3. The molecular weight excluding hydrogens is 254 g/mol. The number of nitrogens with one attached hydrogen (secondary N) is 2. The van der Waals surface area contributed by atoms with E-state index >= 15 is 0 Å². The van der Waals surface area contributed by atoms with Crippen LogP contribution in [0.4, 0.5) is 14.5 Å². The Kier molecular flexibility index (Phi) is 2.69. The average molecular weight is 263 g/mol. The van der Waals surface area contributed by atoms with Crippen molar-refractivity contribution in [1.82, 2.24) is 5.32 Å². The summed E-state index contributed by atoms with van der Waals surface area (Å²) in [4.78, 5) is 0. The Hall–Kier alpha value is -0.680. The molecule has 0 aliphatic carbocycles. The monoisotopic (exact) mass is 262 g/mol. The molecule has 76 valence electrons. The summed E-state index contributed by atoms with van der Waals surface area (Å²) in [6.07, 6.45) is 0. The Labute approximate surface area is 88.8 Å². The lowest BCUT2D eigenvalue weighted by Crippen LogP contribution is -2.51. The third kappa shape index (κ3) is 1.88. The SMILES string of the molecule is Fc1cc(NC2CNC2)c(F)cc1Br. The predicted molar refractivity (Wildman–Crippen MR) is 54.3 cm³/mol. The molecule has 1 aliphatic rings. The second kappa shape index (κ2) is 3.82. The summed E-state index contributed by atoms with van der Waals surface area (Å²) >= 11 is 2.92. The van der Waals surface area contributed by atoms with Crippen molar-refractivity contribution in [3.63, 3.8) is 0 Å². The highest BCUT2D eigenvalue weighted by Crippen LogP contribution is 2.24. The summed E-state index contributed by atoms with van der Waals surface area (Å²) in [5.41, 5.74) is 0.220. The van der Waals surface area contributed by atoms with Crippen molar-refractivity contribution >= 4 is 21.6 Å². The molecule has 1 fully saturated rings. The van der Waals surface area contributed by atoms with Gasteiger partial charge < -0.3 is 10.6 Å². The van der Waals surface area contributed by atoms with Crippen molar-refractivity contribution in [3.05, 3.63) is 28.2 Å². The largest absolute Gasteiger partial charge is 0.377 e. The van der Waals surface area contributed by atoms with Gasteiger partial charge >= 0.3 is 0 Å². The first-order valence-electron chi connectivity index (χ1n) is 4.28. The molecule has 0 spiro atoms.